The van der Waals surface area contributed by atoms with Crippen molar-refractivity contribution >= 4 is 5.91 Å². The van der Waals surface area contributed by atoms with Crippen LogP contribution in [0.15, 0.2) is 0 Å². The summed E-state index contributed by atoms with van der Waals surface area (Å²) in [6, 6.07) is 0. The van der Waals surface area contributed by atoms with Gasteiger partial charge < -0.3 is 16.0 Å². The Kier molecular flexibility index (Phi) is 4.78. The van der Waals surface area contributed by atoms with Crippen LogP contribution in [0.4, 0.5) is 0 Å². The lowest BCUT2D eigenvalue weighted by atomic mass is 9.74. The maximum Gasteiger partial charge on any atom is 0.227 e. The molecule has 3 N–H and O–H groups in total. The highest BCUT2D eigenvalue weighted by Crippen LogP contribution is 2.28. The monoisotopic (exact) mass is 255 g/mol. The van der Waals surface area contributed by atoms with Crippen LogP contribution >= 0.6 is 0 Å². The van der Waals surface area contributed by atoms with E-state index in [2.05, 4.69) is 17.1 Å². The van der Waals surface area contributed by atoms with Gasteiger partial charge in [0.1, 0.15) is 0 Å². The fourth-order valence-electron chi connectivity index (χ4n) is 2.12. The molecule has 4 nitrogen and oxygen atoms in total. The molecule has 18 heavy (non-hydrogen) atoms. The molecule has 0 aromatic rings. The van der Waals surface area contributed by atoms with Crippen molar-refractivity contribution in [1.82, 2.24) is 10.2 Å². The number of likely N-dealkylation sites (tertiary alicyclic amines) is 1. The molecule has 106 valence electrons. The molecule has 1 aliphatic heterocycles. The number of amides is 1. The molecule has 0 aromatic heterocycles. The second-order valence-electron chi connectivity index (χ2n) is 6.60. The number of nitrogens with zero attached hydrogens (tertiary/aromatic N) is 1. The minimum absolute atomic E-state index is 0.0601. The minimum atomic E-state index is -0.546. The predicted octanol–water partition coefficient (Wildman–Crippen LogP) is 1.21. The van der Waals surface area contributed by atoms with Crippen LogP contribution < -0.4 is 11.1 Å². The molecule has 1 saturated heterocycles. The average molecular weight is 255 g/mol. The molecule has 1 atom stereocenters. The van der Waals surface area contributed by atoms with Crippen molar-refractivity contribution in [1.29, 1.82) is 0 Å². The van der Waals surface area contributed by atoms with Gasteiger partial charge in [-0.1, -0.05) is 6.92 Å². The molecule has 1 heterocycles. The number of rotatable bonds is 5. The molecule has 0 spiro atoms. The molecule has 1 rings (SSSR count). The summed E-state index contributed by atoms with van der Waals surface area (Å²) in [5, 5.41) is 3.07. The number of nitrogens with two attached hydrogens (primary N) is 1. The summed E-state index contributed by atoms with van der Waals surface area (Å²) in [6.45, 7) is 13.9. The quantitative estimate of drug-likeness (QED) is 0.776. The van der Waals surface area contributed by atoms with E-state index in [1.807, 2.05) is 27.7 Å². The van der Waals surface area contributed by atoms with Gasteiger partial charge in [0.25, 0.3) is 0 Å². The van der Waals surface area contributed by atoms with Crippen LogP contribution in [0.5, 0.6) is 0 Å². The van der Waals surface area contributed by atoms with Crippen LogP contribution in [-0.4, -0.2) is 42.5 Å². The first kappa shape index (κ1) is 15.4. The minimum Gasteiger partial charge on any atom is -0.355 e. The standard InChI is InChI=1S/C14H29N3O/c1-6-17-8-7-11(10-17)9-16-12(18)13(2,3)14(4,5)15/h11H,6-10,15H2,1-5H3,(H,16,18). The number of hydrogen-bond donors (Lipinski definition) is 2. The van der Waals surface area contributed by atoms with Crippen LogP contribution in [0.25, 0.3) is 0 Å². The molecule has 0 aliphatic carbocycles. The summed E-state index contributed by atoms with van der Waals surface area (Å²) in [5.41, 5.74) is 5.02. The Hall–Kier alpha value is -0.610. The SMILES string of the molecule is CCN1CCC(CNC(=O)C(C)(C)C(C)(C)N)C1. The van der Waals surface area contributed by atoms with Crippen LogP contribution in [-0.2, 0) is 4.79 Å². The summed E-state index contributed by atoms with van der Waals surface area (Å²) in [4.78, 5) is 14.6. The Morgan fingerprint density at radius 2 is 2.00 bits per heavy atom. The van der Waals surface area contributed by atoms with Crippen LogP contribution in [0.2, 0.25) is 0 Å². The van der Waals surface area contributed by atoms with E-state index < -0.39 is 11.0 Å². The fraction of sp³-hybridized carbons (Fsp3) is 0.929. The topological polar surface area (TPSA) is 58.4 Å². The zero-order valence-electron chi connectivity index (χ0n) is 12.5. The van der Waals surface area contributed by atoms with E-state index in [-0.39, 0.29) is 5.91 Å². The molecule has 4 heteroatoms. The van der Waals surface area contributed by atoms with Gasteiger partial charge >= 0.3 is 0 Å². The van der Waals surface area contributed by atoms with Crippen molar-refractivity contribution in [2.45, 2.75) is 46.6 Å². The third kappa shape index (κ3) is 3.45. The first-order valence-corrected chi connectivity index (χ1v) is 6.98. The maximum atomic E-state index is 12.2. The second kappa shape index (κ2) is 5.57. The van der Waals surface area contributed by atoms with E-state index in [0.29, 0.717) is 5.92 Å². The first-order chi connectivity index (χ1) is 8.18. The lowest BCUT2D eigenvalue weighted by molar-refractivity contribution is -0.132. The van der Waals surface area contributed by atoms with E-state index in [0.717, 1.165) is 26.2 Å². The van der Waals surface area contributed by atoms with Gasteiger partial charge in [0, 0.05) is 18.6 Å². The summed E-state index contributed by atoms with van der Waals surface area (Å²) in [5.74, 6) is 0.649. The van der Waals surface area contributed by atoms with Gasteiger partial charge in [0.05, 0.1) is 5.41 Å². The molecule has 0 radical (unpaired) electrons. The van der Waals surface area contributed by atoms with Gasteiger partial charge in [-0.15, -0.1) is 0 Å². The average Bonchev–Trinajstić information content (AvgIpc) is 2.72. The molecule has 1 aliphatic rings. The van der Waals surface area contributed by atoms with Crippen LogP contribution in [0.1, 0.15) is 41.0 Å². The highest BCUT2D eigenvalue weighted by Gasteiger charge is 2.40. The van der Waals surface area contributed by atoms with Gasteiger partial charge in [-0.25, -0.2) is 0 Å². The molecule has 1 fully saturated rings. The largest absolute Gasteiger partial charge is 0.355 e. The summed E-state index contributed by atoms with van der Waals surface area (Å²) in [7, 11) is 0. The van der Waals surface area contributed by atoms with Crippen molar-refractivity contribution in [2.75, 3.05) is 26.2 Å². The Morgan fingerprint density at radius 3 is 2.44 bits per heavy atom. The van der Waals surface area contributed by atoms with Gasteiger partial charge in [-0.3, -0.25) is 4.79 Å². The lowest BCUT2D eigenvalue weighted by Crippen LogP contribution is -2.56. The van der Waals surface area contributed by atoms with E-state index in [1.165, 1.54) is 6.42 Å². The van der Waals surface area contributed by atoms with Crippen molar-refractivity contribution in [2.24, 2.45) is 17.1 Å². The summed E-state index contributed by atoms with van der Waals surface area (Å²) < 4.78 is 0. The highest BCUT2D eigenvalue weighted by atomic mass is 16.2. The maximum absolute atomic E-state index is 12.2. The summed E-state index contributed by atoms with van der Waals surface area (Å²) >= 11 is 0. The van der Waals surface area contributed by atoms with E-state index in [9.17, 15) is 4.79 Å². The van der Waals surface area contributed by atoms with Crippen LogP contribution in [0, 0.1) is 11.3 Å². The Balaban J connectivity index is 2.43. The van der Waals surface area contributed by atoms with Crippen molar-refractivity contribution < 1.29 is 4.79 Å². The van der Waals surface area contributed by atoms with Crippen LogP contribution in [0.3, 0.4) is 0 Å². The third-order valence-electron chi connectivity index (χ3n) is 4.55. The number of carbonyl (C=O) groups is 1. The van der Waals surface area contributed by atoms with Gasteiger partial charge in [-0.05, 0) is 53.1 Å². The van der Waals surface area contributed by atoms with E-state index >= 15 is 0 Å². The van der Waals surface area contributed by atoms with Gasteiger partial charge in [0.15, 0.2) is 0 Å². The second-order valence-corrected chi connectivity index (χ2v) is 6.60. The zero-order chi connectivity index (χ0) is 14.0. The van der Waals surface area contributed by atoms with Gasteiger partial charge in [0.2, 0.25) is 5.91 Å². The van der Waals surface area contributed by atoms with E-state index in [1.54, 1.807) is 0 Å². The molecular weight excluding hydrogens is 226 g/mol. The Morgan fingerprint density at radius 1 is 1.39 bits per heavy atom. The molecule has 1 amide bonds. The highest BCUT2D eigenvalue weighted by molar-refractivity contribution is 5.83. The van der Waals surface area contributed by atoms with E-state index in [4.69, 9.17) is 5.73 Å². The summed E-state index contributed by atoms with van der Waals surface area (Å²) in [6.07, 6.45) is 1.18. The van der Waals surface area contributed by atoms with Crippen molar-refractivity contribution in [3.05, 3.63) is 0 Å². The lowest BCUT2D eigenvalue weighted by Gasteiger charge is -2.37. The smallest absolute Gasteiger partial charge is 0.227 e. The molecular formula is C14H29N3O. The third-order valence-corrected chi connectivity index (χ3v) is 4.55. The molecule has 0 saturated carbocycles. The molecule has 0 bridgehead atoms. The van der Waals surface area contributed by atoms with Crippen molar-refractivity contribution in [3.8, 4) is 0 Å². The molecule has 1 unspecified atom stereocenters. The number of carbonyl (C=O) groups excluding carboxylic acids is 1. The Labute approximate surface area is 111 Å². The zero-order valence-corrected chi connectivity index (χ0v) is 12.5. The first-order valence-electron chi connectivity index (χ1n) is 6.98. The predicted molar refractivity (Wildman–Crippen MR) is 75.3 cm³/mol. The fourth-order valence-corrected chi connectivity index (χ4v) is 2.12. The molecule has 0 aromatic carbocycles. The number of nitrogens with one attached hydrogen (secondary N) is 1. The van der Waals surface area contributed by atoms with Gasteiger partial charge in [-0.2, -0.15) is 0 Å². The normalized spacial score (nSPS) is 22.2. The number of hydrogen-bond acceptors (Lipinski definition) is 3. The Bertz CT molecular complexity index is 294. The van der Waals surface area contributed by atoms with Crippen molar-refractivity contribution in [3.63, 3.8) is 0 Å².